The molecule has 0 heterocycles. The number of carbonyl (C=O) groups excluding carboxylic acids is 2. The molecule has 0 spiro atoms. The quantitative estimate of drug-likeness (QED) is 0.707. The Morgan fingerprint density at radius 1 is 0.960 bits per heavy atom. The van der Waals surface area contributed by atoms with Crippen molar-refractivity contribution >= 4 is 29.9 Å². The molecule has 0 aliphatic carbocycles. The number of rotatable bonds is 7. The highest BCUT2D eigenvalue weighted by Crippen LogP contribution is 2.11. The van der Waals surface area contributed by atoms with Gasteiger partial charge in [-0.1, -0.05) is 31.2 Å². The van der Waals surface area contributed by atoms with E-state index in [2.05, 4.69) is 10.6 Å². The van der Waals surface area contributed by atoms with E-state index in [1.807, 2.05) is 43.3 Å². The van der Waals surface area contributed by atoms with Gasteiger partial charge in [-0.3, -0.25) is 9.59 Å². The molecule has 0 aromatic heterocycles. The number of hydrogen-bond donors (Lipinski definition) is 3. The van der Waals surface area contributed by atoms with Crippen molar-refractivity contribution in [2.24, 2.45) is 5.73 Å². The Morgan fingerprint density at radius 3 is 2.12 bits per heavy atom. The Labute approximate surface area is 154 Å². The predicted octanol–water partition coefficient (Wildman–Crippen LogP) is 3.24. The number of hydrogen-bond acceptors (Lipinski definition) is 3. The minimum absolute atomic E-state index is 0. The highest BCUT2D eigenvalue weighted by atomic mass is 35.5. The minimum Gasteiger partial charge on any atom is -0.348 e. The summed E-state index contributed by atoms with van der Waals surface area (Å²) in [5, 5.41) is 5.71. The third-order valence-electron chi connectivity index (χ3n) is 3.62. The van der Waals surface area contributed by atoms with Gasteiger partial charge in [0.2, 0.25) is 5.91 Å². The second kappa shape index (κ2) is 10.5. The van der Waals surface area contributed by atoms with Crippen LogP contribution in [0.25, 0.3) is 0 Å². The standard InChI is InChI=1S/C19H23N3O2.ClH/c1-2-3-18(23)22-17-10-6-15(7-11-17)13-21-19(24)16-8-4-14(12-20)5-9-16;/h4-11H,2-3,12-13,20H2,1H3,(H,21,24)(H,22,23);1H. The number of anilines is 1. The van der Waals surface area contributed by atoms with Crippen LogP contribution in [0.1, 0.15) is 41.3 Å². The van der Waals surface area contributed by atoms with Crippen LogP contribution in [0.5, 0.6) is 0 Å². The molecule has 2 aromatic rings. The van der Waals surface area contributed by atoms with Crippen molar-refractivity contribution in [3.05, 3.63) is 65.2 Å². The van der Waals surface area contributed by atoms with Gasteiger partial charge < -0.3 is 16.4 Å². The van der Waals surface area contributed by atoms with Crippen molar-refractivity contribution < 1.29 is 9.59 Å². The molecule has 5 nitrogen and oxygen atoms in total. The highest BCUT2D eigenvalue weighted by Gasteiger charge is 2.05. The highest BCUT2D eigenvalue weighted by molar-refractivity contribution is 5.94. The van der Waals surface area contributed by atoms with Crippen molar-refractivity contribution in [2.75, 3.05) is 5.32 Å². The van der Waals surface area contributed by atoms with Crippen LogP contribution in [0.4, 0.5) is 5.69 Å². The lowest BCUT2D eigenvalue weighted by Crippen LogP contribution is -2.22. The second-order valence-corrected chi connectivity index (χ2v) is 5.58. The topological polar surface area (TPSA) is 84.2 Å². The molecule has 2 rings (SSSR count). The third-order valence-corrected chi connectivity index (χ3v) is 3.62. The van der Waals surface area contributed by atoms with Crippen molar-refractivity contribution in [3.8, 4) is 0 Å². The lowest BCUT2D eigenvalue weighted by Gasteiger charge is -2.08. The Balaban J connectivity index is 0.00000312. The van der Waals surface area contributed by atoms with Gasteiger partial charge in [0.1, 0.15) is 0 Å². The molecule has 0 aliphatic rings. The molecule has 2 aromatic carbocycles. The number of halogens is 1. The van der Waals surface area contributed by atoms with Crippen molar-refractivity contribution in [3.63, 3.8) is 0 Å². The van der Waals surface area contributed by atoms with E-state index in [1.54, 1.807) is 12.1 Å². The van der Waals surface area contributed by atoms with Crippen molar-refractivity contribution in [1.29, 1.82) is 0 Å². The molecule has 6 heteroatoms. The average Bonchev–Trinajstić information content (AvgIpc) is 2.61. The van der Waals surface area contributed by atoms with Crippen LogP contribution in [-0.2, 0) is 17.9 Å². The fraction of sp³-hybridized carbons (Fsp3) is 0.263. The maximum Gasteiger partial charge on any atom is 0.251 e. The normalized spacial score (nSPS) is 9.84. The molecule has 134 valence electrons. The summed E-state index contributed by atoms with van der Waals surface area (Å²) in [7, 11) is 0. The van der Waals surface area contributed by atoms with Crippen LogP contribution in [0.3, 0.4) is 0 Å². The lowest BCUT2D eigenvalue weighted by atomic mass is 10.1. The first-order chi connectivity index (χ1) is 11.6. The minimum atomic E-state index is -0.126. The first kappa shape index (κ1) is 20.7. The molecule has 0 saturated heterocycles. The maximum atomic E-state index is 12.1. The van der Waals surface area contributed by atoms with Crippen LogP contribution >= 0.6 is 12.4 Å². The number of nitrogens with two attached hydrogens (primary N) is 1. The number of amides is 2. The Morgan fingerprint density at radius 2 is 1.56 bits per heavy atom. The Bertz CT molecular complexity index is 685. The summed E-state index contributed by atoms with van der Waals surface area (Å²) < 4.78 is 0. The van der Waals surface area contributed by atoms with Gasteiger partial charge in [-0.25, -0.2) is 0 Å². The summed E-state index contributed by atoms with van der Waals surface area (Å²) in [4.78, 5) is 23.6. The zero-order valence-corrected chi connectivity index (χ0v) is 15.1. The fourth-order valence-corrected chi connectivity index (χ4v) is 2.23. The van der Waals surface area contributed by atoms with Crippen molar-refractivity contribution in [2.45, 2.75) is 32.9 Å². The van der Waals surface area contributed by atoms with Crippen molar-refractivity contribution in [1.82, 2.24) is 5.32 Å². The summed E-state index contributed by atoms with van der Waals surface area (Å²) in [6.07, 6.45) is 1.34. The van der Waals surface area contributed by atoms with Gasteiger partial charge in [0.15, 0.2) is 0 Å². The molecule has 2 amide bonds. The summed E-state index contributed by atoms with van der Waals surface area (Å²) in [6.45, 7) is 2.86. The third kappa shape index (κ3) is 6.57. The lowest BCUT2D eigenvalue weighted by molar-refractivity contribution is -0.116. The molecule has 0 fully saturated rings. The second-order valence-electron chi connectivity index (χ2n) is 5.58. The first-order valence-electron chi connectivity index (χ1n) is 8.08. The first-order valence-corrected chi connectivity index (χ1v) is 8.08. The van der Waals surface area contributed by atoms with Crippen LogP contribution in [0.2, 0.25) is 0 Å². The number of carbonyl (C=O) groups is 2. The molecule has 4 N–H and O–H groups in total. The van der Waals surface area contributed by atoms with E-state index in [1.165, 1.54) is 0 Å². The van der Waals surface area contributed by atoms with Gasteiger partial charge in [0, 0.05) is 30.8 Å². The van der Waals surface area contributed by atoms with E-state index in [-0.39, 0.29) is 24.2 Å². The molecule has 0 aliphatic heterocycles. The fourth-order valence-electron chi connectivity index (χ4n) is 2.23. The monoisotopic (exact) mass is 361 g/mol. The van der Waals surface area contributed by atoms with Gasteiger partial charge in [-0.05, 0) is 41.8 Å². The summed E-state index contributed by atoms with van der Waals surface area (Å²) >= 11 is 0. The summed E-state index contributed by atoms with van der Waals surface area (Å²) in [5.74, 6) is -0.113. The SMILES string of the molecule is CCCC(=O)Nc1ccc(CNC(=O)c2ccc(CN)cc2)cc1.Cl. The molecule has 0 atom stereocenters. The molecule has 0 saturated carbocycles. The van der Waals surface area contributed by atoms with Crippen LogP contribution in [0.15, 0.2) is 48.5 Å². The van der Waals surface area contributed by atoms with E-state index in [9.17, 15) is 9.59 Å². The number of benzene rings is 2. The Kier molecular flexibility index (Phi) is 8.67. The zero-order chi connectivity index (χ0) is 17.4. The van der Waals surface area contributed by atoms with E-state index in [4.69, 9.17) is 5.73 Å². The average molecular weight is 362 g/mol. The van der Waals surface area contributed by atoms with E-state index in [0.717, 1.165) is 23.2 Å². The van der Waals surface area contributed by atoms with Crippen LogP contribution in [-0.4, -0.2) is 11.8 Å². The van der Waals surface area contributed by atoms with E-state index < -0.39 is 0 Å². The summed E-state index contributed by atoms with van der Waals surface area (Å²) in [5.41, 5.74) is 8.88. The van der Waals surface area contributed by atoms with E-state index >= 15 is 0 Å². The Hall–Kier alpha value is -2.37. The molecular weight excluding hydrogens is 338 g/mol. The smallest absolute Gasteiger partial charge is 0.251 e. The van der Waals surface area contributed by atoms with Gasteiger partial charge in [-0.15, -0.1) is 12.4 Å². The van der Waals surface area contributed by atoms with Gasteiger partial charge in [0.25, 0.3) is 5.91 Å². The predicted molar refractivity (Wildman–Crippen MR) is 103 cm³/mol. The largest absolute Gasteiger partial charge is 0.348 e. The molecule has 0 radical (unpaired) electrons. The van der Waals surface area contributed by atoms with Crippen LogP contribution < -0.4 is 16.4 Å². The molecule has 25 heavy (non-hydrogen) atoms. The zero-order valence-electron chi connectivity index (χ0n) is 14.2. The maximum absolute atomic E-state index is 12.1. The van der Waals surface area contributed by atoms with Crippen LogP contribution in [0, 0.1) is 0 Å². The molecule has 0 unspecified atom stereocenters. The van der Waals surface area contributed by atoms with Gasteiger partial charge in [-0.2, -0.15) is 0 Å². The molecule has 0 bridgehead atoms. The van der Waals surface area contributed by atoms with Gasteiger partial charge >= 0.3 is 0 Å². The summed E-state index contributed by atoms with van der Waals surface area (Å²) in [6, 6.07) is 14.7. The van der Waals surface area contributed by atoms with E-state index in [0.29, 0.717) is 25.1 Å². The molecular formula is C19H24ClN3O2. The van der Waals surface area contributed by atoms with Gasteiger partial charge in [0.05, 0.1) is 0 Å². The number of nitrogens with one attached hydrogen (secondary N) is 2.